The molecular weight excluding hydrogens is 410 g/mol. The van der Waals surface area contributed by atoms with Gasteiger partial charge in [-0.25, -0.2) is 0 Å². The summed E-state index contributed by atoms with van der Waals surface area (Å²) in [6.45, 7) is 1.11. The van der Waals surface area contributed by atoms with Gasteiger partial charge in [-0.1, -0.05) is 18.2 Å². The topological polar surface area (TPSA) is 112 Å². The first-order valence-corrected chi connectivity index (χ1v) is 10.7. The number of piperazine rings is 1. The minimum absolute atomic E-state index is 0.0342. The van der Waals surface area contributed by atoms with Crippen molar-refractivity contribution in [1.82, 2.24) is 25.4 Å². The van der Waals surface area contributed by atoms with E-state index in [0.29, 0.717) is 30.6 Å². The van der Waals surface area contributed by atoms with E-state index in [-0.39, 0.29) is 30.8 Å². The van der Waals surface area contributed by atoms with E-state index in [1.54, 1.807) is 47.5 Å². The first-order valence-electron chi connectivity index (χ1n) is 10.7. The molecule has 2 atom stereocenters. The molecule has 9 heteroatoms. The summed E-state index contributed by atoms with van der Waals surface area (Å²) in [7, 11) is 0. The van der Waals surface area contributed by atoms with Crippen LogP contribution in [0.1, 0.15) is 33.6 Å². The molecule has 2 N–H and O–H groups in total. The molecule has 166 valence electrons. The van der Waals surface area contributed by atoms with Crippen molar-refractivity contribution in [3.8, 4) is 0 Å². The Morgan fingerprint density at radius 2 is 1.78 bits per heavy atom. The van der Waals surface area contributed by atoms with Crippen LogP contribution in [0.4, 0.5) is 0 Å². The lowest BCUT2D eigenvalue weighted by molar-refractivity contribution is -0.133. The van der Waals surface area contributed by atoms with Crippen molar-refractivity contribution in [2.24, 2.45) is 0 Å². The lowest BCUT2D eigenvalue weighted by atomic mass is 10.0. The summed E-state index contributed by atoms with van der Waals surface area (Å²) in [5, 5.41) is 5.52. The van der Waals surface area contributed by atoms with Crippen molar-refractivity contribution in [1.29, 1.82) is 0 Å². The zero-order valence-corrected chi connectivity index (χ0v) is 17.6. The number of pyridine rings is 1. The second-order valence-electron chi connectivity index (χ2n) is 7.87. The van der Waals surface area contributed by atoms with E-state index in [1.165, 1.54) is 11.1 Å². The Hall–Kier alpha value is -3.75. The molecule has 32 heavy (non-hydrogen) atoms. The maximum Gasteiger partial charge on any atom is 0.255 e. The van der Waals surface area contributed by atoms with E-state index < -0.39 is 18.0 Å². The molecule has 2 saturated heterocycles. The third-order valence-corrected chi connectivity index (χ3v) is 5.76. The molecule has 0 spiro atoms. The number of piperidine rings is 1. The Bertz CT molecular complexity index is 998. The van der Waals surface area contributed by atoms with Gasteiger partial charge in [0.2, 0.25) is 11.8 Å². The van der Waals surface area contributed by atoms with E-state index in [4.69, 9.17) is 0 Å². The van der Waals surface area contributed by atoms with Gasteiger partial charge in [-0.2, -0.15) is 0 Å². The highest BCUT2D eigenvalue weighted by atomic mass is 16.2. The van der Waals surface area contributed by atoms with Crippen LogP contribution in [0, 0.1) is 0 Å². The van der Waals surface area contributed by atoms with Crippen LogP contribution < -0.4 is 10.6 Å². The summed E-state index contributed by atoms with van der Waals surface area (Å²) in [4.78, 5) is 58.5. The fraction of sp³-hybridized carbons (Fsp3) is 0.348. The third kappa shape index (κ3) is 4.61. The number of hydrogen-bond donors (Lipinski definition) is 2. The lowest BCUT2D eigenvalue weighted by Crippen LogP contribution is -2.63. The van der Waals surface area contributed by atoms with E-state index in [1.807, 2.05) is 6.07 Å². The first-order chi connectivity index (χ1) is 15.5. The molecule has 2 aliphatic heterocycles. The fourth-order valence-electron chi connectivity index (χ4n) is 4.03. The number of rotatable bonds is 4. The van der Waals surface area contributed by atoms with Crippen LogP contribution in [-0.2, 0) is 9.59 Å². The molecule has 0 radical (unpaired) electrons. The number of benzene rings is 1. The third-order valence-electron chi connectivity index (χ3n) is 5.76. The van der Waals surface area contributed by atoms with E-state index in [2.05, 4.69) is 15.6 Å². The molecule has 4 amide bonds. The van der Waals surface area contributed by atoms with Gasteiger partial charge in [0.15, 0.2) is 0 Å². The standard InChI is InChI=1S/C23H25N5O4/c29-20-18(9-5-11-25-20)26-21(30)19-15-27(22(31)17-8-4-10-24-14-17)12-13-28(19)23(32)16-6-2-1-3-7-16/h1-4,6-8,10,14,18-19H,5,9,11-13,15H2,(H,25,29)(H,26,30). The molecule has 3 heterocycles. The van der Waals surface area contributed by atoms with Gasteiger partial charge in [-0.05, 0) is 37.1 Å². The molecule has 1 aromatic carbocycles. The van der Waals surface area contributed by atoms with Gasteiger partial charge in [-0.3, -0.25) is 24.2 Å². The van der Waals surface area contributed by atoms with Crippen LogP contribution in [0.3, 0.4) is 0 Å². The average Bonchev–Trinajstić information content (AvgIpc) is 2.85. The van der Waals surface area contributed by atoms with Gasteiger partial charge in [-0.15, -0.1) is 0 Å². The maximum atomic E-state index is 13.2. The predicted molar refractivity (Wildman–Crippen MR) is 116 cm³/mol. The molecule has 0 bridgehead atoms. The van der Waals surface area contributed by atoms with E-state index in [0.717, 1.165) is 6.42 Å². The van der Waals surface area contributed by atoms with Crippen molar-refractivity contribution in [3.05, 3.63) is 66.0 Å². The Morgan fingerprint density at radius 1 is 1.00 bits per heavy atom. The van der Waals surface area contributed by atoms with E-state index >= 15 is 0 Å². The smallest absolute Gasteiger partial charge is 0.255 e. The molecule has 2 unspecified atom stereocenters. The van der Waals surface area contributed by atoms with Crippen LogP contribution in [0.25, 0.3) is 0 Å². The quantitative estimate of drug-likeness (QED) is 0.724. The molecule has 1 aromatic heterocycles. The Labute approximate surface area is 185 Å². The van der Waals surface area contributed by atoms with Crippen molar-refractivity contribution in [3.63, 3.8) is 0 Å². The van der Waals surface area contributed by atoms with Crippen molar-refractivity contribution >= 4 is 23.6 Å². The van der Waals surface area contributed by atoms with Crippen molar-refractivity contribution < 1.29 is 19.2 Å². The molecule has 0 aliphatic carbocycles. The highest BCUT2D eigenvalue weighted by Crippen LogP contribution is 2.17. The zero-order valence-electron chi connectivity index (χ0n) is 17.6. The second-order valence-corrected chi connectivity index (χ2v) is 7.87. The molecule has 2 aromatic rings. The molecule has 9 nitrogen and oxygen atoms in total. The maximum absolute atomic E-state index is 13.2. The lowest BCUT2D eigenvalue weighted by Gasteiger charge is -2.41. The normalized spacial score (nSPS) is 20.9. The van der Waals surface area contributed by atoms with Gasteiger partial charge < -0.3 is 20.4 Å². The highest BCUT2D eigenvalue weighted by Gasteiger charge is 2.39. The van der Waals surface area contributed by atoms with Crippen LogP contribution in [-0.4, -0.2) is 76.7 Å². The number of carbonyl (C=O) groups is 4. The number of nitrogens with zero attached hydrogens (tertiary/aromatic N) is 3. The molecule has 2 fully saturated rings. The first kappa shape index (κ1) is 21.5. The largest absolute Gasteiger partial charge is 0.354 e. The van der Waals surface area contributed by atoms with Crippen molar-refractivity contribution in [2.75, 3.05) is 26.2 Å². The SMILES string of the molecule is O=C1NCCCC1NC(=O)C1CN(C(=O)c2cccnc2)CCN1C(=O)c1ccccc1. The highest BCUT2D eigenvalue weighted by molar-refractivity contribution is 6.00. The van der Waals surface area contributed by atoms with E-state index in [9.17, 15) is 19.2 Å². The molecular formula is C23H25N5O4. The summed E-state index contributed by atoms with van der Waals surface area (Å²) >= 11 is 0. The van der Waals surface area contributed by atoms with Crippen molar-refractivity contribution in [2.45, 2.75) is 24.9 Å². The van der Waals surface area contributed by atoms with Gasteiger partial charge in [0.1, 0.15) is 12.1 Å². The minimum atomic E-state index is -0.910. The number of aromatic nitrogens is 1. The summed E-state index contributed by atoms with van der Waals surface area (Å²) in [6, 6.07) is 10.5. The number of amides is 4. The number of nitrogens with one attached hydrogen (secondary N) is 2. The van der Waals surface area contributed by atoms with Crippen LogP contribution in [0.15, 0.2) is 54.9 Å². The summed E-state index contributed by atoms with van der Waals surface area (Å²) in [5.74, 6) is -1.21. The minimum Gasteiger partial charge on any atom is -0.354 e. The number of hydrogen-bond acceptors (Lipinski definition) is 5. The summed E-state index contributed by atoms with van der Waals surface area (Å²) < 4.78 is 0. The number of carbonyl (C=O) groups excluding carboxylic acids is 4. The molecule has 2 aliphatic rings. The van der Waals surface area contributed by atoms with Crippen LogP contribution in [0.5, 0.6) is 0 Å². The Morgan fingerprint density at radius 3 is 2.50 bits per heavy atom. The van der Waals surface area contributed by atoms with Gasteiger partial charge in [0.05, 0.1) is 12.1 Å². The predicted octanol–water partition coefficient (Wildman–Crippen LogP) is 0.443. The monoisotopic (exact) mass is 435 g/mol. The molecule has 4 rings (SSSR count). The van der Waals surface area contributed by atoms with Gasteiger partial charge in [0.25, 0.3) is 11.8 Å². The Kier molecular flexibility index (Phi) is 6.44. The zero-order chi connectivity index (χ0) is 22.5. The average molecular weight is 435 g/mol. The fourth-order valence-corrected chi connectivity index (χ4v) is 4.03. The molecule has 0 saturated carbocycles. The summed E-state index contributed by atoms with van der Waals surface area (Å²) in [5.41, 5.74) is 0.883. The van der Waals surface area contributed by atoms with Gasteiger partial charge >= 0.3 is 0 Å². The summed E-state index contributed by atoms with van der Waals surface area (Å²) in [6.07, 6.45) is 4.36. The van der Waals surface area contributed by atoms with Crippen LogP contribution in [0.2, 0.25) is 0 Å². The Balaban J connectivity index is 1.56. The van der Waals surface area contributed by atoms with Crippen LogP contribution >= 0.6 is 0 Å². The van der Waals surface area contributed by atoms with Gasteiger partial charge in [0, 0.05) is 37.6 Å². The second kappa shape index (κ2) is 9.59.